The predicted molar refractivity (Wildman–Crippen MR) is 82.2 cm³/mol. The van der Waals surface area contributed by atoms with Crippen molar-refractivity contribution in [2.24, 2.45) is 0 Å². The third kappa shape index (κ3) is 4.51. The van der Waals surface area contributed by atoms with Crippen LogP contribution in [0, 0.1) is 11.6 Å². The van der Waals surface area contributed by atoms with E-state index in [-0.39, 0.29) is 18.2 Å². The van der Waals surface area contributed by atoms with Crippen molar-refractivity contribution < 1.29 is 13.5 Å². The third-order valence-electron chi connectivity index (χ3n) is 2.97. The van der Waals surface area contributed by atoms with E-state index in [1.807, 2.05) is 13.0 Å². The first-order valence-electron chi connectivity index (χ1n) is 6.66. The Bertz CT molecular complexity index is 619. The largest absolute Gasteiger partial charge is 0.486 e. The van der Waals surface area contributed by atoms with Gasteiger partial charge in [0, 0.05) is 16.6 Å². The highest BCUT2D eigenvalue weighted by molar-refractivity contribution is 9.10. The number of hydrogen-bond acceptors (Lipinski definition) is 2. The Morgan fingerprint density at radius 3 is 2.62 bits per heavy atom. The summed E-state index contributed by atoms with van der Waals surface area (Å²) in [5.41, 5.74) is 1.62. The summed E-state index contributed by atoms with van der Waals surface area (Å²) in [6.07, 6.45) is 0. The Morgan fingerprint density at radius 2 is 1.95 bits per heavy atom. The van der Waals surface area contributed by atoms with E-state index in [9.17, 15) is 8.78 Å². The molecule has 21 heavy (non-hydrogen) atoms. The van der Waals surface area contributed by atoms with Gasteiger partial charge in [0.1, 0.15) is 12.4 Å². The summed E-state index contributed by atoms with van der Waals surface area (Å²) in [5.74, 6) is -0.542. The average molecular weight is 356 g/mol. The molecule has 0 saturated carbocycles. The van der Waals surface area contributed by atoms with E-state index in [1.165, 1.54) is 18.2 Å². The van der Waals surface area contributed by atoms with Crippen molar-refractivity contribution in [2.45, 2.75) is 20.1 Å². The predicted octanol–water partition coefficient (Wildman–Crippen LogP) is 4.42. The van der Waals surface area contributed by atoms with E-state index in [0.29, 0.717) is 11.0 Å². The number of hydrogen-bond donors (Lipinski definition) is 1. The standard InChI is InChI=1S/C16H16BrF2NO/c1-2-20-9-11-3-6-16(15(19)7-11)21-10-12-4-5-13(18)8-14(12)17/h3-8,20H,2,9-10H2,1H3. The topological polar surface area (TPSA) is 21.3 Å². The monoisotopic (exact) mass is 355 g/mol. The number of ether oxygens (including phenoxy) is 1. The lowest BCUT2D eigenvalue weighted by atomic mass is 10.2. The Kier molecular flexibility index (Phi) is 5.70. The van der Waals surface area contributed by atoms with E-state index in [4.69, 9.17) is 4.74 Å². The molecule has 0 spiro atoms. The lowest BCUT2D eigenvalue weighted by Crippen LogP contribution is -2.11. The van der Waals surface area contributed by atoms with E-state index in [2.05, 4.69) is 21.2 Å². The van der Waals surface area contributed by atoms with Crippen LogP contribution in [0.3, 0.4) is 0 Å². The van der Waals surface area contributed by atoms with Gasteiger partial charge in [-0.1, -0.05) is 35.0 Å². The van der Waals surface area contributed by atoms with Gasteiger partial charge in [0.25, 0.3) is 0 Å². The van der Waals surface area contributed by atoms with Crippen molar-refractivity contribution in [1.29, 1.82) is 0 Å². The Balaban J connectivity index is 2.02. The number of halogens is 3. The second-order valence-electron chi connectivity index (χ2n) is 4.57. The first-order chi connectivity index (χ1) is 10.1. The summed E-state index contributed by atoms with van der Waals surface area (Å²) in [6, 6.07) is 9.20. The van der Waals surface area contributed by atoms with Crippen LogP contribution in [0.2, 0.25) is 0 Å². The molecule has 5 heteroatoms. The smallest absolute Gasteiger partial charge is 0.165 e. The van der Waals surface area contributed by atoms with Gasteiger partial charge in [-0.3, -0.25) is 0 Å². The van der Waals surface area contributed by atoms with Crippen LogP contribution in [0.5, 0.6) is 5.75 Å². The maximum atomic E-state index is 13.9. The maximum absolute atomic E-state index is 13.9. The summed E-state index contributed by atoms with van der Waals surface area (Å²) in [4.78, 5) is 0. The molecule has 112 valence electrons. The third-order valence-corrected chi connectivity index (χ3v) is 3.71. The molecule has 0 aromatic heterocycles. The molecule has 0 aliphatic heterocycles. The van der Waals surface area contributed by atoms with Crippen LogP contribution in [0.25, 0.3) is 0 Å². The fourth-order valence-corrected chi connectivity index (χ4v) is 2.30. The second-order valence-corrected chi connectivity index (χ2v) is 5.42. The minimum absolute atomic E-state index is 0.171. The second kappa shape index (κ2) is 7.52. The fourth-order valence-electron chi connectivity index (χ4n) is 1.83. The average Bonchev–Trinajstić information content (AvgIpc) is 2.45. The van der Waals surface area contributed by atoms with Crippen LogP contribution >= 0.6 is 15.9 Å². The molecule has 2 aromatic rings. The number of nitrogens with one attached hydrogen (secondary N) is 1. The maximum Gasteiger partial charge on any atom is 0.165 e. The molecule has 0 amide bonds. The van der Waals surface area contributed by atoms with Crippen LogP contribution < -0.4 is 10.1 Å². The minimum Gasteiger partial charge on any atom is -0.486 e. The van der Waals surface area contributed by atoms with E-state index >= 15 is 0 Å². The zero-order valence-corrected chi connectivity index (χ0v) is 13.2. The molecule has 0 aliphatic carbocycles. The SMILES string of the molecule is CCNCc1ccc(OCc2ccc(F)cc2Br)c(F)c1. The van der Waals surface area contributed by atoms with E-state index in [0.717, 1.165) is 17.7 Å². The first kappa shape index (κ1) is 15.9. The lowest BCUT2D eigenvalue weighted by Gasteiger charge is -2.10. The van der Waals surface area contributed by atoms with Crippen molar-refractivity contribution in [2.75, 3.05) is 6.54 Å². The van der Waals surface area contributed by atoms with Gasteiger partial charge in [-0.05, 0) is 36.4 Å². The van der Waals surface area contributed by atoms with Gasteiger partial charge >= 0.3 is 0 Å². The molecule has 2 aromatic carbocycles. The quantitative estimate of drug-likeness (QED) is 0.828. The van der Waals surface area contributed by atoms with Crippen LogP contribution in [0.1, 0.15) is 18.1 Å². The molecule has 1 N–H and O–H groups in total. The minimum atomic E-state index is -0.399. The zero-order chi connectivity index (χ0) is 15.2. The number of benzene rings is 2. The highest BCUT2D eigenvalue weighted by Gasteiger charge is 2.07. The van der Waals surface area contributed by atoms with Crippen LogP contribution in [0.15, 0.2) is 40.9 Å². The molecular weight excluding hydrogens is 340 g/mol. The van der Waals surface area contributed by atoms with Crippen molar-refractivity contribution >= 4 is 15.9 Å². The molecule has 0 radical (unpaired) electrons. The van der Waals surface area contributed by atoms with Crippen molar-refractivity contribution in [3.05, 3.63) is 63.6 Å². The van der Waals surface area contributed by atoms with Crippen LogP contribution in [0.4, 0.5) is 8.78 Å². The Hall–Kier alpha value is -1.46. The molecule has 0 fully saturated rings. The van der Waals surface area contributed by atoms with Crippen molar-refractivity contribution in [1.82, 2.24) is 5.32 Å². The Labute approximate surface area is 131 Å². The Morgan fingerprint density at radius 1 is 1.14 bits per heavy atom. The number of rotatable bonds is 6. The van der Waals surface area contributed by atoms with Gasteiger partial charge in [-0.25, -0.2) is 8.78 Å². The summed E-state index contributed by atoms with van der Waals surface area (Å²) in [6.45, 7) is 3.62. The molecule has 0 atom stereocenters. The summed E-state index contributed by atoms with van der Waals surface area (Å²) < 4.78 is 33.0. The molecule has 0 heterocycles. The molecular formula is C16H16BrF2NO. The van der Waals surface area contributed by atoms with Gasteiger partial charge in [0.2, 0.25) is 0 Å². The lowest BCUT2D eigenvalue weighted by molar-refractivity contribution is 0.289. The summed E-state index contributed by atoms with van der Waals surface area (Å²) >= 11 is 3.26. The van der Waals surface area contributed by atoms with Gasteiger partial charge in [0.15, 0.2) is 11.6 Å². The molecule has 2 nitrogen and oxygen atoms in total. The summed E-state index contributed by atoms with van der Waals surface area (Å²) in [7, 11) is 0. The molecule has 0 saturated heterocycles. The molecule has 0 aliphatic rings. The van der Waals surface area contributed by atoms with Gasteiger partial charge in [0.05, 0.1) is 0 Å². The molecule has 0 bridgehead atoms. The fraction of sp³-hybridized carbons (Fsp3) is 0.250. The highest BCUT2D eigenvalue weighted by Crippen LogP contribution is 2.23. The van der Waals surface area contributed by atoms with Gasteiger partial charge in [-0.2, -0.15) is 0 Å². The normalized spacial score (nSPS) is 10.7. The molecule has 0 unspecified atom stereocenters. The van der Waals surface area contributed by atoms with Gasteiger partial charge < -0.3 is 10.1 Å². The first-order valence-corrected chi connectivity index (χ1v) is 7.45. The van der Waals surface area contributed by atoms with Crippen molar-refractivity contribution in [3.8, 4) is 5.75 Å². The highest BCUT2D eigenvalue weighted by atomic mass is 79.9. The summed E-state index contributed by atoms with van der Waals surface area (Å²) in [5, 5.41) is 3.13. The van der Waals surface area contributed by atoms with Crippen LogP contribution in [-0.2, 0) is 13.2 Å². The molecule has 2 rings (SSSR count). The van der Waals surface area contributed by atoms with Crippen molar-refractivity contribution in [3.63, 3.8) is 0 Å². The zero-order valence-electron chi connectivity index (χ0n) is 11.6. The van der Waals surface area contributed by atoms with Gasteiger partial charge in [-0.15, -0.1) is 0 Å². The van der Waals surface area contributed by atoms with E-state index in [1.54, 1.807) is 12.1 Å². The van der Waals surface area contributed by atoms with E-state index < -0.39 is 5.82 Å². The van der Waals surface area contributed by atoms with Crippen LogP contribution in [-0.4, -0.2) is 6.54 Å².